The number of rotatable bonds is 2. The maximum Gasteiger partial charge on any atom is 0.0754 e. The Morgan fingerprint density at radius 3 is 2.00 bits per heavy atom. The third-order valence-corrected chi connectivity index (χ3v) is 1.16. The second-order valence-electron chi connectivity index (χ2n) is 2.50. The lowest BCUT2D eigenvalue weighted by Crippen LogP contribution is -2.47. The summed E-state index contributed by atoms with van der Waals surface area (Å²) in [5.41, 5.74) is 9.71. The Morgan fingerprint density at radius 2 is 2.00 bits per heavy atom. The fourth-order valence-corrected chi connectivity index (χ4v) is 0.288. The van der Waals surface area contributed by atoms with Gasteiger partial charge in [0, 0.05) is 12.6 Å². The van der Waals surface area contributed by atoms with Crippen molar-refractivity contribution >= 4 is 0 Å². The molecule has 0 aromatic heterocycles. The summed E-state index contributed by atoms with van der Waals surface area (Å²) in [4.78, 5) is 0. The van der Waals surface area contributed by atoms with E-state index in [-0.39, 0.29) is 6.04 Å². The monoisotopic (exact) mass is 118 g/mol. The summed E-state index contributed by atoms with van der Waals surface area (Å²) < 4.78 is 0. The average Bonchev–Trinajstić information content (AvgIpc) is 1.62. The molecule has 0 saturated carbocycles. The highest BCUT2D eigenvalue weighted by Crippen LogP contribution is 2.03. The minimum absolute atomic E-state index is 0.317. The van der Waals surface area contributed by atoms with Gasteiger partial charge < -0.3 is 16.6 Å². The van der Waals surface area contributed by atoms with Crippen molar-refractivity contribution < 1.29 is 5.11 Å². The third kappa shape index (κ3) is 2.26. The molecule has 0 aliphatic rings. The predicted octanol–water partition coefficient (Wildman–Crippen LogP) is -0.957. The summed E-state index contributed by atoms with van der Waals surface area (Å²) in [6.45, 7) is 3.61. The van der Waals surface area contributed by atoms with Crippen LogP contribution in [0.5, 0.6) is 0 Å². The van der Waals surface area contributed by atoms with Crippen molar-refractivity contribution in [3.8, 4) is 0 Å². The van der Waals surface area contributed by atoms with E-state index in [1.807, 2.05) is 0 Å². The van der Waals surface area contributed by atoms with Gasteiger partial charge in [-0.25, -0.2) is 0 Å². The number of nitrogens with two attached hydrogens (primary N) is 2. The minimum Gasteiger partial charge on any atom is -0.389 e. The largest absolute Gasteiger partial charge is 0.389 e. The zero-order chi connectivity index (χ0) is 6.78. The van der Waals surface area contributed by atoms with E-state index in [4.69, 9.17) is 16.6 Å². The average molecular weight is 118 g/mol. The van der Waals surface area contributed by atoms with Gasteiger partial charge in [-0.3, -0.25) is 0 Å². The van der Waals surface area contributed by atoms with Gasteiger partial charge in [-0.1, -0.05) is 0 Å². The molecule has 0 aliphatic heterocycles. The second kappa shape index (κ2) is 2.44. The Labute approximate surface area is 49.7 Å². The van der Waals surface area contributed by atoms with Crippen LogP contribution in [-0.2, 0) is 0 Å². The predicted molar refractivity (Wildman–Crippen MR) is 33.3 cm³/mol. The van der Waals surface area contributed by atoms with Crippen molar-refractivity contribution in [3.63, 3.8) is 0 Å². The van der Waals surface area contributed by atoms with Crippen LogP contribution < -0.4 is 11.5 Å². The summed E-state index contributed by atoms with van der Waals surface area (Å²) in [7, 11) is 0. The first-order chi connectivity index (χ1) is 3.48. The molecule has 3 nitrogen and oxygen atoms in total. The van der Waals surface area contributed by atoms with Crippen LogP contribution in [0.25, 0.3) is 0 Å². The van der Waals surface area contributed by atoms with Crippen LogP contribution in [-0.4, -0.2) is 23.3 Å². The first-order valence-corrected chi connectivity index (χ1v) is 2.66. The number of hydrogen-bond donors (Lipinski definition) is 3. The molecule has 0 aromatic carbocycles. The molecular formula is C5H14N2O. The van der Waals surface area contributed by atoms with E-state index in [0.717, 1.165) is 0 Å². The van der Waals surface area contributed by atoms with E-state index >= 15 is 0 Å². The van der Waals surface area contributed by atoms with Gasteiger partial charge in [-0.15, -0.1) is 0 Å². The molecule has 0 bridgehead atoms. The maximum atomic E-state index is 9.08. The molecule has 0 aliphatic carbocycles. The number of hydrogen-bond acceptors (Lipinski definition) is 3. The Bertz CT molecular complexity index is 67.3. The Hall–Kier alpha value is -0.120. The fraction of sp³-hybridized carbons (Fsp3) is 1.00. The molecule has 1 unspecified atom stereocenters. The molecule has 3 heteroatoms. The Balaban J connectivity index is 3.62. The molecule has 0 radical (unpaired) electrons. The molecule has 0 heterocycles. The molecule has 0 spiro atoms. The van der Waals surface area contributed by atoms with Gasteiger partial charge in [-0.05, 0) is 13.8 Å². The van der Waals surface area contributed by atoms with E-state index in [2.05, 4.69) is 0 Å². The Morgan fingerprint density at radius 1 is 1.62 bits per heavy atom. The summed E-state index contributed by atoms with van der Waals surface area (Å²) >= 11 is 0. The van der Waals surface area contributed by atoms with Crippen LogP contribution in [0.2, 0.25) is 0 Å². The zero-order valence-corrected chi connectivity index (χ0v) is 5.39. The van der Waals surface area contributed by atoms with Crippen LogP contribution in [0.15, 0.2) is 0 Å². The van der Waals surface area contributed by atoms with Gasteiger partial charge in [0.15, 0.2) is 0 Å². The van der Waals surface area contributed by atoms with Crippen LogP contribution in [0.3, 0.4) is 0 Å². The van der Waals surface area contributed by atoms with Crippen molar-refractivity contribution in [2.24, 2.45) is 11.5 Å². The van der Waals surface area contributed by atoms with Gasteiger partial charge >= 0.3 is 0 Å². The summed E-state index contributed by atoms with van der Waals surface area (Å²) in [5.74, 6) is 0. The highest BCUT2D eigenvalue weighted by molar-refractivity contribution is 4.80. The van der Waals surface area contributed by atoms with Crippen molar-refractivity contribution in [2.45, 2.75) is 25.5 Å². The van der Waals surface area contributed by atoms with Crippen molar-refractivity contribution in [1.82, 2.24) is 0 Å². The Kier molecular flexibility index (Phi) is 2.40. The lowest BCUT2D eigenvalue weighted by molar-refractivity contribution is 0.0550. The van der Waals surface area contributed by atoms with Crippen LogP contribution >= 0.6 is 0 Å². The molecule has 0 rings (SSSR count). The summed E-state index contributed by atoms with van der Waals surface area (Å²) in [5, 5.41) is 9.08. The van der Waals surface area contributed by atoms with Crippen molar-refractivity contribution in [2.75, 3.05) is 6.54 Å². The molecule has 0 saturated heterocycles. The second-order valence-corrected chi connectivity index (χ2v) is 2.50. The SMILES string of the molecule is CC(C)(O)C(N)CN. The number of aliphatic hydroxyl groups is 1. The lowest BCUT2D eigenvalue weighted by atomic mass is 10.0. The summed E-state index contributed by atoms with van der Waals surface area (Å²) in [6, 6.07) is -0.317. The molecule has 50 valence electrons. The molecule has 8 heavy (non-hydrogen) atoms. The lowest BCUT2D eigenvalue weighted by Gasteiger charge is -2.23. The van der Waals surface area contributed by atoms with Gasteiger partial charge in [0.1, 0.15) is 0 Å². The standard InChI is InChI=1S/C5H14N2O/c1-5(2,8)4(7)3-6/h4,8H,3,6-7H2,1-2H3. The topological polar surface area (TPSA) is 72.3 Å². The highest BCUT2D eigenvalue weighted by Gasteiger charge is 2.20. The molecule has 5 N–H and O–H groups in total. The van der Waals surface area contributed by atoms with Crippen LogP contribution in [0.1, 0.15) is 13.8 Å². The quantitative estimate of drug-likeness (QED) is 0.437. The van der Waals surface area contributed by atoms with E-state index in [1.165, 1.54) is 0 Å². The zero-order valence-electron chi connectivity index (χ0n) is 5.39. The van der Waals surface area contributed by atoms with Crippen molar-refractivity contribution in [3.05, 3.63) is 0 Å². The molecule has 0 aromatic rings. The van der Waals surface area contributed by atoms with Crippen LogP contribution in [0, 0.1) is 0 Å². The fourth-order valence-electron chi connectivity index (χ4n) is 0.288. The highest BCUT2D eigenvalue weighted by atomic mass is 16.3. The maximum absolute atomic E-state index is 9.08. The van der Waals surface area contributed by atoms with E-state index in [1.54, 1.807) is 13.8 Å². The third-order valence-electron chi connectivity index (χ3n) is 1.16. The van der Waals surface area contributed by atoms with Gasteiger partial charge in [0.2, 0.25) is 0 Å². The van der Waals surface area contributed by atoms with Gasteiger partial charge in [0.05, 0.1) is 5.60 Å². The van der Waals surface area contributed by atoms with E-state index in [9.17, 15) is 0 Å². The molecule has 0 fully saturated rings. The van der Waals surface area contributed by atoms with Gasteiger partial charge in [0.25, 0.3) is 0 Å². The molecule has 1 atom stereocenters. The molecule has 0 amide bonds. The minimum atomic E-state index is -0.839. The van der Waals surface area contributed by atoms with E-state index in [0.29, 0.717) is 6.54 Å². The first-order valence-electron chi connectivity index (χ1n) is 2.66. The summed E-state index contributed by atoms with van der Waals surface area (Å²) in [6.07, 6.45) is 0. The first kappa shape index (κ1) is 7.88. The molecular weight excluding hydrogens is 104 g/mol. The van der Waals surface area contributed by atoms with Gasteiger partial charge in [-0.2, -0.15) is 0 Å². The van der Waals surface area contributed by atoms with Crippen LogP contribution in [0.4, 0.5) is 0 Å². The smallest absolute Gasteiger partial charge is 0.0754 e. The van der Waals surface area contributed by atoms with E-state index < -0.39 is 5.60 Å². The normalized spacial score (nSPS) is 16.1. The van der Waals surface area contributed by atoms with Crippen molar-refractivity contribution in [1.29, 1.82) is 0 Å².